The number of halogens is 3. The number of benzene rings is 3. The number of carbonyl (C=O) groups is 1. The lowest BCUT2D eigenvalue weighted by Gasteiger charge is -2.25. The van der Waals surface area contributed by atoms with Crippen molar-refractivity contribution in [2.75, 3.05) is 12.0 Å². The van der Waals surface area contributed by atoms with Crippen LogP contribution in [0.4, 0.5) is 5.69 Å². The van der Waals surface area contributed by atoms with Crippen LogP contribution in [-0.4, -0.2) is 24.2 Å². The second kappa shape index (κ2) is 9.31. The van der Waals surface area contributed by atoms with Crippen molar-refractivity contribution in [3.63, 3.8) is 0 Å². The Morgan fingerprint density at radius 3 is 2.45 bits per heavy atom. The molecule has 1 aliphatic heterocycles. The highest BCUT2D eigenvalue weighted by Gasteiger charge is 2.32. The van der Waals surface area contributed by atoms with Crippen LogP contribution in [0.3, 0.4) is 0 Å². The zero-order valence-electron chi connectivity index (χ0n) is 16.7. The van der Waals surface area contributed by atoms with Gasteiger partial charge in [0.1, 0.15) is 17.0 Å². The number of hydrogen-bond donors (Lipinski definition) is 0. The minimum atomic E-state index is -0.711. The average molecular weight is 474 g/mol. The molecule has 1 heterocycles. The van der Waals surface area contributed by atoms with Gasteiger partial charge in [-0.05, 0) is 47.5 Å². The Morgan fingerprint density at radius 1 is 1.00 bits per heavy atom. The number of rotatable bonds is 5. The first-order valence-electron chi connectivity index (χ1n) is 9.67. The third kappa shape index (κ3) is 4.72. The van der Waals surface area contributed by atoms with Crippen molar-refractivity contribution in [2.24, 2.45) is 4.99 Å². The number of benzodiazepines with no additional fused rings is 1. The van der Waals surface area contributed by atoms with Gasteiger partial charge in [0.05, 0.1) is 19.3 Å². The summed E-state index contributed by atoms with van der Waals surface area (Å²) in [7, 11) is 1.62. The van der Waals surface area contributed by atoms with Crippen molar-refractivity contribution < 1.29 is 9.53 Å². The van der Waals surface area contributed by atoms with E-state index in [1.165, 1.54) is 0 Å². The first-order chi connectivity index (χ1) is 15.0. The van der Waals surface area contributed by atoms with E-state index in [0.29, 0.717) is 34.3 Å². The summed E-state index contributed by atoms with van der Waals surface area (Å²) in [6.45, 7) is 0.357. The Morgan fingerprint density at radius 2 is 1.74 bits per heavy atom. The molecular formula is C24H19Cl3N2O2. The summed E-state index contributed by atoms with van der Waals surface area (Å²) >= 11 is 19.1. The number of carbonyl (C=O) groups excluding carboxylic acids is 1. The first kappa shape index (κ1) is 21.7. The summed E-state index contributed by atoms with van der Waals surface area (Å²) in [5, 5.41) is 1.36. The molecule has 0 fully saturated rings. The van der Waals surface area contributed by atoms with E-state index >= 15 is 0 Å². The number of methoxy groups -OCH3 is 1. The number of anilines is 1. The number of aliphatic imine (C=N–C) groups is 1. The van der Waals surface area contributed by atoms with Gasteiger partial charge in [0.2, 0.25) is 0 Å². The molecule has 0 N–H and O–H groups in total. The molecule has 0 saturated carbocycles. The molecule has 7 heteroatoms. The summed E-state index contributed by atoms with van der Waals surface area (Å²) in [6.07, 6.45) is 0.343. The largest absolute Gasteiger partial charge is 0.497 e. The van der Waals surface area contributed by atoms with Gasteiger partial charge in [-0.1, -0.05) is 65.1 Å². The van der Waals surface area contributed by atoms with E-state index in [9.17, 15) is 4.79 Å². The van der Waals surface area contributed by atoms with Crippen LogP contribution in [0.25, 0.3) is 0 Å². The molecule has 4 nitrogen and oxygen atoms in total. The Kier molecular flexibility index (Phi) is 6.51. The van der Waals surface area contributed by atoms with Crippen LogP contribution >= 0.6 is 34.8 Å². The van der Waals surface area contributed by atoms with Crippen LogP contribution in [-0.2, 0) is 17.8 Å². The molecule has 0 aromatic heterocycles. The highest BCUT2D eigenvalue weighted by atomic mass is 35.5. The third-order valence-electron chi connectivity index (χ3n) is 5.16. The lowest BCUT2D eigenvalue weighted by molar-refractivity contribution is -0.119. The minimum absolute atomic E-state index is 0.157. The predicted octanol–water partition coefficient (Wildman–Crippen LogP) is 6.15. The SMILES string of the molecule is COc1ccc(CN2C(=O)[C@@H](Cc3ccccc3Cl)N=C(Cl)c3cc(Cl)ccc32)cc1. The van der Waals surface area contributed by atoms with Crippen molar-refractivity contribution in [2.45, 2.75) is 19.0 Å². The highest BCUT2D eigenvalue weighted by molar-refractivity contribution is 6.70. The summed E-state index contributed by atoms with van der Waals surface area (Å²) in [6, 6.07) is 19.6. The van der Waals surface area contributed by atoms with Gasteiger partial charge in [-0.15, -0.1) is 0 Å². The van der Waals surface area contributed by atoms with E-state index in [1.54, 1.807) is 36.3 Å². The molecular weight excluding hydrogens is 455 g/mol. The Labute approximate surface area is 196 Å². The maximum Gasteiger partial charge on any atom is 0.252 e. The summed E-state index contributed by atoms with van der Waals surface area (Å²) in [5.41, 5.74) is 3.08. The molecule has 31 heavy (non-hydrogen) atoms. The van der Waals surface area contributed by atoms with Crippen molar-refractivity contribution in [3.8, 4) is 5.75 Å². The standard InChI is InChI=1S/C24H19Cl3N2O2/c1-31-18-9-6-15(7-10-18)14-29-22-11-8-17(25)13-19(22)23(27)28-21(24(29)30)12-16-4-2-3-5-20(16)26/h2-11,13,21H,12,14H2,1H3/t21-/m1/s1. The molecule has 0 radical (unpaired) electrons. The zero-order valence-corrected chi connectivity index (χ0v) is 19.0. The van der Waals surface area contributed by atoms with Gasteiger partial charge in [-0.25, -0.2) is 0 Å². The lowest BCUT2D eigenvalue weighted by atomic mass is 10.0. The van der Waals surface area contributed by atoms with Gasteiger partial charge in [-0.2, -0.15) is 0 Å². The molecule has 0 saturated heterocycles. The van der Waals surface area contributed by atoms with E-state index in [-0.39, 0.29) is 11.1 Å². The molecule has 1 aliphatic rings. The lowest BCUT2D eigenvalue weighted by Crippen LogP contribution is -2.38. The number of nitrogens with zero attached hydrogens (tertiary/aromatic N) is 2. The fourth-order valence-corrected chi connectivity index (χ4v) is 4.21. The van der Waals surface area contributed by atoms with Crippen LogP contribution in [0.5, 0.6) is 5.75 Å². The van der Waals surface area contributed by atoms with Gasteiger partial charge in [0, 0.05) is 22.0 Å². The first-order valence-corrected chi connectivity index (χ1v) is 10.8. The summed E-state index contributed by atoms with van der Waals surface area (Å²) in [4.78, 5) is 19.9. The Hall–Kier alpha value is -2.53. The zero-order chi connectivity index (χ0) is 22.0. The maximum absolute atomic E-state index is 13.6. The maximum atomic E-state index is 13.6. The van der Waals surface area contributed by atoms with E-state index in [4.69, 9.17) is 39.5 Å². The normalized spacial score (nSPS) is 15.9. The number of ether oxygens (including phenoxy) is 1. The summed E-state index contributed by atoms with van der Waals surface area (Å²) < 4.78 is 5.23. The van der Waals surface area contributed by atoms with Crippen molar-refractivity contribution in [1.82, 2.24) is 0 Å². The quantitative estimate of drug-likeness (QED) is 0.446. The van der Waals surface area contributed by atoms with Gasteiger partial charge in [0.15, 0.2) is 0 Å². The van der Waals surface area contributed by atoms with Crippen LogP contribution in [0.1, 0.15) is 16.7 Å². The second-order valence-corrected chi connectivity index (χ2v) is 8.37. The van der Waals surface area contributed by atoms with E-state index in [1.807, 2.05) is 42.5 Å². The average Bonchev–Trinajstić information content (AvgIpc) is 2.86. The van der Waals surface area contributed by atoms with Gasteiger partial charge < -0.3 is 9.64 Å². The number of hydrogen-bond acceptors (Lipinski definition) is 3. The minimum Gasteiger partial charge on any atom is -0.497 e. The van der Waals surface area contributed by atoms with Gasteiger partial charge >= 0.3 is 0 Å². The number of fused-ring (bicyclic) bond motifs is 1. The molecule has 0 bridgehead atoms. The van der Waals surface area contributed by atoms with Gasteiger partial charge in [-0.3, -0.25) is 9.79 Å². The molecule has 1 amide bonds. The third-order valence-corrected chi connectivity index (χ3v) is 6.07. The van der Waals surface area contributed by atoms with Crippen molar-refractivity contribution in [3.05, 3.63) is 93.5 Å². The monoisotopic (exact) mass is 472 g/mol. The van der Waals surface area contributed by atoms with E-state index in [0.717, 1.165) is 16.9 Å². The molecule has 0 spiro atoms. The molecule has 1 atom stereocenters. The fraction of sp³-hybridized carbons (Fsp3) is 0.167. The molecule has 4 rings (SSSR count). The van der Waals surface area contributed by atoms with Crippen molar-refractivity contribution in [1.29, 1.82) is 0 Å². The van der Waals surface area contributed by atoms with Crippen LogP contribution in [0, 0.1) is 0 Å². The molecule has 0 aliphatic carbocycles. The fourth-order valence-electron chi connectivity index (χ4n) is 3.55. The summed E-state index contributed by atoms with van der Waals surface area (Å²) in [5.74, 6) is 0.594. The van der Waals surface area contributed by atoms with E-state index < -0.39 is 6.04 Å². The van der Waals surface area contributed by atoms with Gasteiger partial charge in [0.25, 0.3) is 5.91 Å². The smallest absolute Gasteiger partial charge is 0.252 e. The van der Waals surface area contributed by atoms with E-state index in [2.05, 4.69) is 4.99 Å². The number of amides is 1. The van der Waals surface area contributed by atoms with Crippen LogP contribution < -0.4 is 9.64 Å². The Balaban J connectivity index is 1.74. The molecule has 3 aromatic rings. The highest BCUT2D eigenvalue weighted by Crippen LogP contribution is 2.32. The second-order valence-electron chi connectivity index (χ2n) is 7.17. The predicted molar refractivity (Wildman–Crippen MR) is 127 cm³/mol. The van der Waals surface area contributed by atoms with Crippen LogP contribution in [0.2, 0.25) is 10.0 Å². The topological polar surface area (TPSA) is 41.9 Å². The molecule has 0 unspecified atom stereocenters. The molecule has 3 aromatic carbocycles. The van der Waals surface area contributed by atoms with Crippen molar-refractivity contribution >= 4 is 51.6 Å². The Bertz CT molecular complexity index is 1150. The van der Waals surface area contributed by atoms with Crippen LogP contribution in [0.15, 0.2) is 71.7 Å². The molecule has 158 valence electrons.